The minimum Gasteiger partial charge on any atom is -0.493 e. The Kier molecular flexibility index (Phi) is 6.32. The first-order chi connectivity index (χ1) is 9.10. The van der Waals surface area contributed by atoms with Crippen LogP contribution in [0.15, 0.2) is 18.2 Å². The molecule has 1 aromatic rings. The molecule has 0 aliphatic carbocycles. The number of carbonyl (C=O) groups excluding carboxylic acids is 1. The van der Waals surface area contributed by atoms with Crippen molar-refractivity contribution in [3.8, 4) is 5.75 Å². The molecule has 0 saturated carbocycles. The van der Waals surface area contributed by atoms with E-state index in [1.807, 2.05) is 0 Å². The SMILES string of the molecule is COCCCOc1cc(C[OH2+])ccc1C(=O)N(C)C. The molecule has 0 aliphatic heterocycles. The van der Waals surface area contributed by atoms with Crippen LogP contribution in [0, 0.1) is 0 Å². The van der Waals surface area contributed by atoms with Gasteiger partial charge >= 0.3 is 0 Å². The van der Waals surface area contributed by atoms with Crippen LogP contribution in [0.25, 0.3) is 0 Å². The van der Waals surface area contributed by atoms with Crippen molar-refractivity contribution in [2.24, 2.45) is 0 Å². The average Bonchev–Trinajstić information content (AvgIpc) is 2.42. The van der Waals surface area contributed by atoms with Crippen LogP contribution in [0.3, 0.4) is 0 Å². The first-order valence-electron chi connectivity index (χ1n) is 6.21. The molecule has 0 atom stereocenters. The largest absolute Gasteiger partial charge is 0.493 e. The fourth-order valence-corrected chi connectivity index (χ4v) is 1.60. The molecule has 0 fully saturated rings. The van der Waals surface area contributed by atoms with Crippen molar-refractivity contribution in [2.45, 2.75) is 13.0 Å². The number of carbonyl (C=O) groups is 1. The van der Waals surface area contributed by atoms with E-state index in [1.54, 1.807) is 39.4 Å². The van der Waals surface area contributed by atoms with Crippen LogP contribution < -0.4 is 4.74 Å². The summed E-state index contributed by atoms with van der Waals surface area (Å²) in [5.74, 6) is 0.442. The van der Waals surface area contributed by atoms with Crippen LogP contribution >= 0.6 is 0 Å². The van der Waals surface area contributed by atoms with E-state index in [0.29, 0.717) is 24.5 Å². The molecule has 1 rings (SSSR count). The Hall–Kier alpha value is -1.59. The highest BCUT2D eigenvalue weighted by molar-refractivity contribution is 5.96. The summed E-state index contributed by atoms with van der Waals surface area (Å²) in [4.78, 5) is 13.5. The van der Waals surface area contributed by atoms with Gasteiger partial charge in [-0.3, -0.25) is 4.79 Å². The predicted octanol–water partition coefficient (Wildman–Crippen LogP) is 1.03. The monoisotopic (exact) mass is 268 g/mol. The number of amides is 1. The van der Waals surface area contributed by atoms with Crippen molar-refractivity contribution in [3.05, 3.63) is 29.3 Å². The van der Waals surface area contributed by atoms with E-state index in [-0.39, 0.29) is 12.5 Å². The van der Waals surface area contributed by atoms with Gasteiger partial charge in [-0.15, -0.1) is 0 Å². The molecular weight excluding hydrogens is 246 g/mol. The Morgan fingerprint density at radius 2 is 2.05 bits per heavy atom. The van der Waals surface area contributed by atoms with Crippen LogP contribution in [-0.4, -0.2) is 50.3 Å². The third kappa shape index (κ3) is 4.54. The lowest BCUT2D eigenvalue weighted by Crippen LogP contribution is -2.22. The van der Waals surface area contributed by atoms with Gasteiger partial charge < -0.3 is 19.5 Å². The van der Waals surface area contributed by atoms with E-state index in [0.717, 1.165) is 12.0 Å². The first-order valence-corrected chi connectivity index (χ1v) is 6.21. The van der Waals surface area contributed by atoms with Crippen molar-refractivity contribution in [1.82, 2.24) is 4.90 Å². The lowest BCUT2D eigenvalue weighted by molar-refractivity contribution is 0.0822. The van der Waals surface area contributed by atoms with Gasteiger partial charge in [0.2, 0.25) is 0 Å². The number of nitrogens with zero attached hydrogens (tertiary/aromatic N) is 1. The Morgan fingerprint density at radius 1 is 1.32 bits per heavy atom. The van der Waals surface area contributed by atoms with Gasteiger partial charge in [-0.05, 0) is 12.1 Å². The second kappa shape index (κ2) is 7.76. The molecule has 106 valence electrons. The number of hydrogen-bond donors (Lipinski definition) is 0. The first kappa shape index (κ1) is 15.5. The summed E-state index contributed by atoms with van der Waals surface area (Å²) in [6, 6.07) is 5.26. The third-order valence-electron chi connectivity index (χ3n) is 2.64. The summed E-state index contributed by atoms with van der Waals surface area (Å²) >= 11 is 0. The van der Waals surface area contributed by atoms with Crippen molar-refractivity contribution < 1.29 is 19.4 Å². The molecule has 5 nitrogen and oxygen atoms in total. The molecule has 0 aliphatic rings. The number of rotatable bonds is 7. The molecule has 0 unspecified atom stereocenters. The van der Waals surface area contributed by atoms with Crippen molar-refractivity contribution in [2.75, 3.05) is 34.4 Å². The molecular formula is C14H22NO4+. The van der Waals surface area contributed by atoms with Gasteiger partial charge in [-0.2, -0.15) is 0 Å². The molecule has 2 N–H and O–H groups in total. The quantitative estimate of drug-likeness (QED) is 0.548. The summed E-state index contributed by atoms with van der Waals surface area (Å²) in [6.07, 6.45) is 0.761. The summed E-state index contributed by atoms with van der Waals surface area (Å²) < 4.78 is 10.6. The molecule has 0 bridgehead atoms. The van der Waals surface area contributed by atoms with E-state index in [4.69, 9.17) is 14.6 Å². The normalized spacial score (nSPS) is 10.3. The van der Waals surface area contributed by atoms with E-state index in [9.17, 15) is 4.79 Å². The molecule has 0 heterocycles. The maximum atomic E-state index is 12.0. The van der Waals surface area contributed by atoms with Gasteiger partial charge in [-0.25, -0.2) is 0 Å². The summed E-state index contributed by atoms with van der Waals surface area (Å²) in [7, 11) is 5.05. The molecule has 0 radical (unpaired) electrons. The maximum Gasteiger partial charge on any atom is 0.257 e. The Bertz CT molecular complexity index is 418. The lowest BCUT2D eigenvalue weighted by Gasteiger charge is -2.15. The van der Waals surface area contributed by atoms with Crippen LogP contribution in [0.1, 0.15) is 22.3 Å². The second-order valence-electron chi connectivity index (χ2n) is 4.40. The summed E-state index contributed by atoms with van der Waals surface area (Å²) in [5.41, 5.74) is 1.36. The van der Waals surface area contributed by atoms with Gasteiger partial charge in [0.15, 0.2) is 6.61 Å². The van der Waals surface area contributed by atoms with Crippen LogP contribution in [0.5, 0.6) is 5.75 Å². The zero-order valence-electron chi connectivity index (χ0n) is 11.7. The lowest BCUT2D eigenvalue weighted by atomic mass is 10.1. The van der Waals surface area contributed by atoms with E-state index in [2.05, 4.69) is 0 Å². The number of methoxy groups -OCH3 is 1. The van der Waals surface area contributed by atoms with Crippen molar-refractivity contribution in [3.63, 3.8) is 0 Å². The minimum atomic E-state index is -0.0988. The van der Waals surface area contributed by atoms with E-state index < -0.39 is 0 Å². The Morgan fingerprint density at radius 3 is 2.63 bits per heavy atom. The number of benzene rings is 1. The van der Waals surface area contributed by atoms with Gasteiger partial charge in [0.1, 0.15) is 5.75 Å². The summed E-state index contributed by atoms with van der Waals surface area (Å²) in [6.45, 7) is 1.28. The molecule has 0 spiro atoms. The fourth-order valence-electron chi connectivity index (χ4n) is 1.60. The second-order valence-corrected chi connectivity index (χ2v) is 4.40. The van der Waals surface area contributed by atoms with Gasteiger partial charge in [0.05, 0.1) is 12.2 Å². The van der Waals surface area contributed by atoms with Crippen LogP contribution in [0.2, 0.25) is 0 Å². The zero-order valence-corrected chi connectivity index (χ0v) is 11.7. The molecule has 19 heavy (non-hydrogen) atoms. The average molecular weight is 268 g/mol. The van der Waals surface area contributed by atoms with Crippen LogP contribution in [0.4, 0.5) is 0 Å². The number of ether oxygens (including phenoxy) is 2. The van der Waals surface area contributed by atoms with E-state index in [1.165, 1.54) is 4.90 Å². The highest BCUT2D eigenvalue weighted by atomic mass is 16.5. The Balaban J connectivity index is 2.86. The van der Waals surface area contributed by atoms with Crippen LogP contribution in [-0.2, 0) is 11.3 Å². The van der Waals surface area contributed by atoms with Crippen molar-refractivity contribution in [1.29, 1.82) is 0 Å². The van der Waals surface area contributed by atoms with E-state index >= 15 is 0 Å². The minimum absolute atomic E-state index is 0.0988. The Labute approximate surface area is 113 Å². The zero-order chi connectivity index (χ0) is 14.3. The molecule has 5 heteroatoms. The molecule has 1 aromatic carbocycles. The van der Waals surface area contributed by atoms with Gasteiger partial charge in [0, 0.05) is 39.8 Å². The summed E-state index contributed by atoms with van der Waals surface area (Å²) in [5, 5.41) is 7.37. The highest BCUT2D eigenvalue weighted by Gasteiger charge is 2.15. The standard InChI is InChI=1S/C14H21NO4/c1-15(2)14(17)12-6-5-11(10-16)9-13(12)19-8-4-7-18-3/h5-6,9,16H,4,7-8,10H2,1-3H3/p+1. The predicted molar refractivity (Wildman–Crippen MR) is 73.8 cm³/mol. The molecule has 0 saturated heterocycles. The number of hydrogen-bond acceptors (Lipinski definition) is 3. The topological polar surface area (TPSA) is 61.7 Å². The smallest absolute Gasteiger partial charge is 0.257 e. The van der Waals surface area contributed by atoms with Gasteiger partial charge in [0.25, 0.3) is 5.91 Å². The molecule has 0 aromatic heterocycles. The fraction of sp³-hybridized carbons (Fsp3) is 0.500. The maximum absolute atomic E-state index is 12.0. The highest BCUT2D eigenvalue weighted by Crippen LogP contribution is 2.22. The van der Waals surface area contributed by atoms with Gasteiger partial charge in [-0.1, -0.05) is 6.07 Å². The molecule has 1 amide bonds. The van der Waals surface area contributed by atoms with Crippen molar-refractivity contribution >= 4 is 5.91 Å². The third-order valence-corrected chi connectivity index (χ3v) is 2.64.